The summed E-state index contributed by atoms with van der Waals surface area (Å²) in [4.78, 5) is 0.0945. The van der Waals surface area contributed by atoms with Crippen LogP contribution in [0.1, 0.15) is 25.3 Å². The highest BCUT2D eigenvalue weighted by Crippen LogP contribution is 2.30. The molecule has 1 aliphatic heterocycles. The standard InChI is InChI=1S/C14H21ClN2O3S/c1-14(4-6-20-7-5-14)10-17-21(18,19)13-3-2-11(9-16)8-12(13)15/h2-3,8,17H,4-7,9-10,16H2,1H3. The fourth-order valence-electron chi connectivity index (χ4n) is 2.28. The van der Waals surface area contributed by atoms with Crippen molar-refractivity contribution in [3.8, 4) is 0 Å². The SMILES string of the molecule is CC1(CNS(=O)(=O)c2ccc(CN)cc2Cl)CCOCC1. The van der Waals surface area contributed by atoms with Crippen molar-refractivity contribution >= 4 is 21.6 Å². The molecule has 5 nitrogen and oxygen atoms in total. The van der Waals surface area contributed by atoms with E-state index in [-0.39, 0.29) is 15.3 Å². The molecule has 1 aromatic rings. The summed E-state index contributed by atoms with van der Waals surface area (Å²) >= 11 is 6.05. The van der Waals surface area contributed by atoms with Crippen LogP contribution in [0.2, 0.25) is 5.02 Å². The molecule has 0 radical (unpaired) electrons. The largest absolute Gasteiger partial charge is 0.381 e. The van der Waals surface area contributed by atoms with Gasteiger partial charge < -0.3 is 10.5 Å². The van der Waals surface area contributed by atoms with Crippen molar-refractivity contribution in [3.05, 3.63) is 28.8 Å². The molecule has 1 saturated heterocycles. The van der Waals surface area contributed by atoms with Crippen LogP contribution < -0.4 is 10.5 Å². The summed E-state index contributed by atoms with van der Waals surface area (Å²) in [6.45, 7) is 4.12. The third-order valence-electron chi connectivity index (χ3n) is 3.91. The van der Waals surface area contributed by atoms with Crippen molar-refractivity contribution < 1.29 is 13.2 Å². The van der Waals surface area contributed by atoms with Crippen molar-refractivity contribution in [2.75, 3.05) is 19.8 Å². The van der Waals surface area contributed by atoms with Gasteiger partial charge in [-0.25, -0.2) is 13.1 Å². The highest BCUT2D eigenvalue weighted by molar-refractivity contribution is 7.89. The number of nitrogens with one attached hydrogen (secondary N) is 1. The molecule has 0 aliphatic carbocycles. The number of nitrogens with two attached hydrogens (primary N) is 1. The zero-order chi connectivity index (χ0) is 15.5. The van der Waals surface area contributed by atoms with Crippen LogP contribution in [0.15, 0.2) is 23.1 Å². The van der Waals surface area contributed by atoms with Crippen molar-refractivity contribution in [1.29, 1.82) is 0 Å². The van der Waals surface area contributed by atoms with Crippen LogP contribution >= 0.6 is 11.6 Å². The lowest BCUT2D eigenvalue weighted by Crippen LogP contribution is -2.39. The summed E-state index contributed by atoms with van der Waals surface area (Å²) in [5, 5.41) is 0.197. The minimum absolute atomic E-state index is 0.0744. The average Bonchev–Trinajstić information content (AvgIpc) is 2.46. The van der Waals surface area contributed by atoms with Gasteiger partial charge in [-0.3, -0.25) is 0 Å². The molecule has 2 rings (SSSR count). The van der Waals surface area contributed by atoms with Gasteiger partial charge in [0.15, 0.2) is 0 Å². The summed E-state index contributed by atoms with van der Waals surface area (Å²) in [6.07, 6.45) is 1.69. The van der Waals surface area contributed by atoms with Crippen molar-refractivity contribution in [1.82, 2.24) is 4.72 Å². The number of halogens is 1. The highest BCUT2D eigenvalue weighted by Gasteiger charge is 2.29. The van der Waals surface area contributed by atoms with Crippen LogP contribution in [0.4, 0.5) is 0 Å². The maximum atomic E-state index is 12.4. The molecule has 0 atom stereocenters. The van der Waals surface area contributed by atoms with Gasteiger partial charge in [0, 0.05) is 26.3 Å². The lowest BCUT2D eigenvalue weighted by atomic mass is 9.83. The second-order valence-corrected chi connectivity index (χ2v) is 7.86. The molecule has 3 N–H and O–H groups in total. The van der Waals surface area contributed by atoms with E-state index in [0.717, 1.165) is 18.4 Å². The minimum atomic E-state index is -3.62. The van der Waals surface area contributed by atoms with E-state index in [0.29, 0.717) is 26.3 Å². The Kier molecular flexibility index (Phi) is 5.27. The van der Waals surface area contributed by atoms with E-state index in [4.69, 9.17) is 22.1 Å². The highest BCUT2D eigenvalue weighted by atomic mass is 35.5. The lowest BCUT2D eigenvalue weighted by molar-refractivity contribution is 0.0265. The first kappa shape index (κ1) is 16.7. The molecule has 1 aromatic carbocycles. The van der Waals surface area contributed by atoms with Gasteiger partial charge in [0.25, 0.3) is 0 Å². The summed E-state index contributed by atoms with van der Waals surface area (Å²) < 4.78 is 32.7. The molecule has 0 spiro atoms. The summed E-state index contributed by atoms with van der Waals surface area (Å²) in [6, 6.07) is 4.77. The first-order valence-electron chi connectivity index (χ1n) is 6.92. The van der Waals surface area contributed by atoms with Crippen LogP contribution in [-0.4, -0.2) is 28.2 Å². The Labute approximate surface area is 130 Å². The van der Waals surface area contributed by atoms with Crippen molar-refractivity contribution in [3.63, 3.8) is 0 Å². The Bertz CT molecular complexity index is 598. The van der Waals surface area contributed by atoms with Gasteiger partial charge in [0.2, 0.25) is 10.0 Å². The number of hydrogen-bond donors (Lipinski definition) is 2. The molecule has 1 fully saturated rings. The molecule has 0 bridgehead atoms. The average molecular weight is 333 g/mol. The predicted molar refractivity (Wildman–Crippen MR) is 82.7 cm³/mol. The van der Waals surface area contributed by atoms with E-state index < -0.39 is 10.0 Å². The molecule has 21 heavy (non-hydrogen) atoms. The van der Waals surface area contributed by atoms with Gasteiger partial charge in [0.05, 0.1) is 5.02 Å². The Hall–Kier alpha value is -0.660. The van der Waals surface area contributed by atoms with Crippen LogP contribution in [0.5, 0.6) is 0 Å². The van der Waals surface area contributed by atoms with Crippen LogP contribution in [0, 0.1) is 5.41 Å². The predicted octanol–water partition coefficient (Wildman–Crippen LogP) is 1.89. The smallest absolute Gasteiger partial charge is 0.242 e. The molecule has 0 saturated carbocycles. The second kappa shape index (κ2) is 6.62. The van der Waals surface area contributed by atoms with Gasteiger partial charge in [-0.2, -0.15) is 0 Å². The zero-order valence-electron chi connectivity index (χ0n) is 12.1. The normalized spacial score (nSPS) is 18.6. The van der Waals surface area contributed by atoms with Gasteiger partial charge >= 0.3 is 0 Å². The molecule has 0 amide bonds. The Balaban J connectivity index is 2.11. The molecule has 1 aliphatic rings. The first-order valence-corrected chi connectivity index (χ1v) is 8.78. The van der Waals surface area contributed by atoms with Crippen molar-refractivity contribution in [2.45, 2.75) is 31.2 Å². The quantitative estimate of drug-likeness (QED) is 0.862. The monoisotopic (exact) mass is 332 g/mol. The molecule has 1 heterocycles. The summed E-state index contributed by atoms with van der Waals surface area (Å²) in [5.41, 5.74) is 6.24. The van der Waals surface area contributed by atoms with Gasteiger partial charge in [-0.05, 0) is 36.0 Å². The third kappa shape index (κ3) is 4.17. The Morgan fingerprint density at radius 1 is 1.38 bits per heavy atom. The first-order chi connectivity index (χ1) is 9.86. The van der Waals surface area contributed by atoms with E-state index in [2.05, 4.69) is 11.6 Å². The maximum absolute atomic E-state index is 12.4. The summed E-state index contributed by atoms with van der Waals surface area (Å²) in [7, 11) is -3.62. The number of hydrogen-bond acceptors (Lipinski definition) is 4. The number of benzene rings is 1. The van der Waals surface area contributed by atoms with E-state index >= 15 is 0 Å². The van der Waals surface area contributed by atoms with E-state index in [1.54, 1.807) is 12.1 Å². The second-order valence-electron chi connectivity index (χ2n) is 5.72. The fraction of sp³-hybridized carbons (Fsp3) is 0.571. The van der Waals surface area contributed by atoms with Gasteiger partial charge in [0.1, 0.15) is 4.90 Å². The molecule has 118 valence electrons. The molecule has 0 unspecified atom stereocenters. The Morgan fingerprint density at radius 3 is 2.62 bits per heavy atom. The van der Waals surface area contributed by atoms with Crippen LogP contribution in [-0.2, 0) is 21.3 Å². The minimum Gasteiger partial charge on any atom is -0.381 e. The zero-order valence-corrected chi connectivity index (χ0v) is 13.6. The van der Waals surface area contributed by atoms with E-state index in [9.17, 15) is 8.42 Å². The Morgan fingerprint density at radius 2 is 2.05 bits per heavy atom. The van der Waals surface area contributed by atoms with Crippen LogP contribution in [0.3, 0.4) is 0 Å². The number of ether oxygens (including phenoxy) is 1. The maximum Gasteiger partial charge on any atom is 0.242 e. The molecular weight excluding hydrogens is 312 g/mol. The number of rotatable bonds is 5. The molecule has 0 aromatic heterocycles. The van der Waals surface area contributed by atoms with E-state index in [1.807, 2.05) is 0 Å². The molecular formula is C14H21ClN2O3S. The summed E-state index contributed by atoms with van der Waals surface area (Å²) in [5.74, 6) is 0. The van der Waals surface area contributed by atoms with Crippen molar-refractivity contribution in [2.24, 2.45) is 11.1 Å². The topological polar surface area (TPSA) is 81.4 Å². The molecule has 7 heteroatoms. The van der Waals surface area contributed by atoms with Gasteiger partial charge in [-0.1, -0.05) is 24.6 Å². The van der Waals surface area contributed by atoms with Crippen LogP contribution in [0.25, 0.3) is 0 Å². The van der Waals surface area contributed by atoms with Gasteiger partial charge in [-0.15, -0.1) is 0 Å². The third-order valence-corrected chi connectivity index (χ3v) is 5.79. The fourth-order valence-corrected chi connectivity index (χ4v) is 4.04. The lowest BCUT2D eigenvalue weighted by Gasteiger charge is -2.33. The number of sulfonamides is 1. The van der Waals surface area contributed by atoms with E-state index in [1.165, 1.54) is 6.07 Å².